The third-order valence-corrected chi connectivity index (χ3v) is 5.18. The van der Waals surface area contributed by atoms with E-state index in [0.717, 1.165) is 16.9 Å². The molecule has 0 spiro atoms. The Labute approximate surface area is 196 Å². The maximum atomic E-state index is 11.6. The van der Waals surface area contributed by atoms with E-state index >= 15 is 0 Å². The third-order valence-electron chi connectivity index (χ3n) is 4.89. The van der Waals surface area contributed by atoms with E-state index in [0.29, 0.717) is 12.2 Å². The smallest absolute Gasteiger partial charge is 0.268 e. The maximum absolute atomic E-state index is 11.6. The van der Waals surface area contributed by atoms with Gasteiger partial charge in [0.2, 0.25) is 5.96 Å². The van der Waals surface area contributed by atoms with Crippen molar-refractivity contribution in [2.24, 2.45) is 17.2 Å². The average molecular weight is 484 g/mol. The van der Waals surface area contributed by atoms with Gasteiger partial charge in [0, 0.05) is 0 Å². The Kier molecular flexibility index (Phi) is 9.17. The molecule has 1 heterocycles. The second-order valence-electron chi connectivity index (χ2n) is 7.32. The number of amides is 1. The predicted octanol–water partition coefficient (Wildman–Crippen LogP) is -1.01. The van der Waals surface area contributed by atoms with E-state index in [9.17, 15) is 15.0 Å². The normalized spacial score (nSPS) is 16.7. The highest BCUT2D eigenvalue weighted by molar-refractivity contribution is 6.30. The number of hydrogen-bond donors (Lipinski definition) is 9. The van der Waals surface area contributed by atoms with E-state index in [1.807, 2.05) is 6.92 Å². The van der Waals surface area contributed by atoms with Crippen LogP contribution in [0.2, 0.25) is 0 Å². The van der Waals surface area contributed by atoms with Gasteiger partial charge in [-0.15, -0.1) is 0 Å². The summed E-state index contributed by atoms with van der Waals surface area (Å²) < 4.78 is 5.43. The average Bonchev–Trinajstić information content (AvgIpc) is 2.79. The molecule has 33 heavy (non-hydrogen) atoms. The zero-order valence-corrected chi connectivity index (χ0v) is 18.8. The molecule has 0 bridgehead atoms. The van der Waals surface area contributed by atoms with Crippen LogP contribution in [-0.2, 0) is 4.79 Å². The standard InChI is InChI=1S/C20H30ClN7O5/c1-2-3-12(10-4-6-11(7-5-10)33-9-14(31)13(30)8-29)26-20(25)28-17(22)15(19(24)32)27-16(21)18(28)23/h4-7,12-14,27,29-31H,2-3,8-9,22-23H2,1H3,(H2,24,32)(H2,25,26). The molecule has 2 rings (SSSR count). The fourth-order valence-electron chi connectivity index (χ4n) is 3.06. The highest BCUT2D eigenvalue weighted by Crippen LogP contribution is 2.24. The molecular formula is C20H30ClN7O5. The summed E-state index contributed by atoms with van der Waals surface area (Å²) in [5, 5.41) is 41.9. The minimum absolute atomic E-state index is 0.0701. The first-order chi connectivity index (χ1) is 15.6. The minimum Gasteiger partial charge on any atom is -0.491 e. The Morgan fingerprint density at radius 1 is 1.24 bits per heavy atom. The van der Waals surface area contributed by atoms with Crippen LogP contribution in [0.25, 0.3) is 0 Å². The van der Waals surface area contributed by atoms with E-state index in [-0.39, 0.29) is 41.1 Å². The summed E-state index contributed by atoms with van der Waals surface area (Å²) in [5.74, 6) is -0.840. The second-order valence-corrected chi connectivity index (χ2v) is 7.69. The molecule has 1 aromatic rings. The van der Waals surface area contributed by atoms with Crippen LogP contribution < -0.4 is 32.6 Å². The Balaban J connectivity index is 2.16. The van der Waals surface area contributed by atoms with Crippen molar-refractivity contribution in [3.05, 3.63) is 52.3 Å². The number of aliphatic hydroxyl groups excluding tert-OH is 3. The monoisotopic (exact) mass is 483 g/mol. The molecule has 0 radical (unpaired) electrons. The van der Waals surface area contributed by atoms with Gasteiger partial charge in [0.25, 0.3) is 5.91 Å². The van der Waals surface area contributed by atoms with Crippen molar-refractivity contribution in [3.8, 4) is 5.75 Å². The SMILES string of the molecule is CCCC(NC(=N)N1C(N)=C(Cl)NC(C(N)=O)=C1N)c1ccc(OCC(O)C(O)CO)cc1. The van der Waals surface area contributed by atoms with Crippen LogP contribution in [-0.4, -0.2) is 57.5 Å². The number of primary amides is 1. The van der Waals surface area contributed by atoms with Gasteiger partial charge < -0.3 is 47.9 Å². The fraction of sp³-hybridized carbons (Fsp3) is 0.400. The number of nitrogens with two attached hydrogens (primary N) is 3. The van der Waals surface area contributed by atoms with Crippen LogP contribution >= 0.6 is 11.6 Å². The number of aliphatic hydroxyl groups is 3. The molecule has 182 valence electrons. The second kappa shape index (κ2) is 11.6. The van der Waals surface area contributed by atoms with Crippen molar-refractivity contribution in [3.63, 3.8) is 0 Å². The Bertz CT molecular complexity index is 922. The molecule has 1 aliphatic heterocycles. The number of benzene rings is 1. The van der Waals surface area contributed by atoms with Gasteiger partial charge in [0.15, 0.2) is 0 Å². The van der Waals surface area contributed by atoms with Gasteiger partial charge in [-0.2, -0.15) is 0 Å². The fourth-order valence-corrected chi connectivity index (χ4v) is 3.24. The number of carbonyl (C=O) groups is 1. The number of rotatable bonds is 10. The van der Waals surface area contributed by atoms with Gasteiger partial charge in [-0.1, -0.05) is 37.1 Å². The molecule has 0 fully saturated rings. The van der Waals surface area contributed by atoms with E-state index < -0.39 is 24.7 Å². The molecule has 12 nitrogen and oxygen atoms in total. The van der Waals surface area contributed by atoms with Crippen LogP contribution in [0.15, 0.2) is 46.8 Å². The van der Waals surface area contributed by atoms with Gasteiger partial charge in [-0.25, -0.2) is 4.90 Å². The van der Waals surface area contributed by atoms with Crippen molar-refractivity contribution in [1.29, 1.82) is 5.41 Å². The van der Waals surface area contributed by atoms with E-state index in [2.05, 4.69) is 10.6 Å². The number of ether oxygens (including phenoxy) is 1. The summed E-state index contributed by atoms with van der Waals surface area (Å²) in [6.45, 7) is 1.23. The van der Waals surface area contributed by atoms with Crippen LogP contribution in [0.5, 0.6) is 5.75 Å². The molecule has 1 amide bonds. The zero-order chi connectivity index (χ0) is 24.7. The minimum atomic E-state index is -1.29. The Hall–Kier alpha value is -3.19. The van der Waals surface area contributed by atoms with E-state index in [1.54, 1.807) is 24.3 Å². The summed E-state index contributed by atoms with van der Waals surface area (Å²) in [6, 6.07) is 6.60. The maximum Gasteiger partial charge on any atom is 0.268 e. The molecule has 13 heteroatoms. The third kappa shape index (κ3) is 6.42. The molecule has 0 aliphatic carbocycles. The highest BCUT2D eigenvalue weighted by Gasteiger charge is 2.30. The number of hydrogen-bond acceptors (Lipinski definition) is 9. The number of halogens is 1. The molecule has 0 saturated heterocycles. The number of nitrogens with zero attached hydrogens (tertiary/aromatic N) is 1. The van der Waals surface area contributed by atoms with Crippen LogP contribution in [0.4, 0.5) is 0 Å². The topological polar surface area (TPSA) is 216 Å². The summed E-state index contributed by atoms with van der Waals surface area (Å²) in [7, 11) is 0. The first-order valence-electron chi connectivity index (χ1n) is 10.2. The lowest BCUT2D eigenvalue weighted by atomic mass is 10.0. The highest BCUT2D eigenvalue weighted by atomic mass is 35.5. The lowest BCUT2D eigenvalue weighted by Gasteiger charge is -2.33. The van der Waals surface area contributed by atoms with Crippen molar-refractivity contribution in [1.82, 2.24) is 15.5 Å². The van der Waals surface area contributed by atoms with Gasteiger partial charge in [-0.3, -0.25) is 10.2 Å². The van der Waals surface area contributed by atoms with Gasteiger partial charge in [-0.05, 0) is 24.1 Å². The lowest BCUT2D eigenvalue weighted by molar-refractivity contribution is -0.115. The first-order valence-corrected chi connectivity index (χ1v) is 10.5. The lowest BCUT2D eigenvalue weighted by Crippen LogP contribution is -2.50. The summed E-state index contributed by atoms with van der Waals surface area (Å²) in [4.78, 5) is 12.7. The van der Waals surface area contributed by atoms with Gasteiger partial charge in [0.1, 0.15) is 47.1 Å². The summed E-state index contributed by atoms with van der Waals surface area (Å²) in [5.41, 5.74) is 17.9. The van der Waals surface area contributed by atoms with Crippen molar-refractivity contribution in [2.75, 3.05) is 13.2 Å². The Morgan fingerprint density at radius 3 is 2.42 bits per heavy atom. The van der Waals surface area contributed by atoms with Crippen LogP contribution in [0.1, 0.15) is 31.4 Å². The molecule has 1 aliphatic rings. The van der Waals surface area contributed by atoms with Crippen molar-refractivity contribution >= 4 is 23.5 Å². The molecule has 3 atom stereocenters. The van der Waals surface area contributed by atoms with Gasteiger partial charge >= 0.3 is 0 Å². The number of nitrogens with one attached hydrogen (secondary N) is 3. The number of guanidine groups is 1. The van der Waals surface area contributed by atoms with E-state index in [1.165, 1.54) is 0 Å². The molecule has 12 N–H and O–H groups in total. The van der Waals surface area contributed by atoms with Crippen LogP contribution in [0.3, 0.4) is 0 Å². The van der Waals surface area contributed by atoms with E-state index in [4.69, 9.17) is 44.1 Å². The van der Waals surface area contributed by atoms with Gasteiger partial charge in [0.05, 0.1) is 12.6 Å². The zero-order valence-electron chi connectivity index (χ0n) is 18.1. The van der Waals surface area contributed by atoms with Crippen molar-refractivity contribution < 1.29 is 24.9 Å². The van der Waals surface area contributed by atoms with Crippen molar-refractivity contribution in [2.45, 2.75) is 38.0 Å². The molecular weight excluding hydrogens is 454 g/mol. The largest absolute Gasteiger partial charge is 0.491 e. The molecule has 0 aromatic heterocycles. The molecule has 0 saturated carbocycles. The summed E-state index contributed by atoms with van der Waals surface area (Å²) >= 11 is 6.04. The Morgan fingerprint density at radius 2 is 1.88 bits per heavy atom. The predicted molar refractivity (Wildman–Crippen MR) is 122 cm³/mol. The first kappa shape index (κ1) is 26.1. The molecule has 1 aromatic carbocycles. The molecule has 3 unspecified atom stereocenters. The van der Waals surface area contributed by atoms with Crippen LogP contribution in [0, 0.1) is 5.41 Å². The quantitative estimate of drug-likeness (QED) is 0.112. The summed E-state index contributed by atoms with van der Waals surface area (Å²) in [6.07, 6.45) is -1.07. The number of carbonyl (C=O) groups excluding carboxylic acids is 1.